The molecule has 0 aliphatic carbocycles. The number of hydrogen-bond donors (Lipinski definition) is 0. The van der Waals surface area contributed by atoms with Gasteiger partial charge in [0.2, 0.25) is 0 Å². The quantitative estimate of drug-likeness (QED) is 0.472. The van der Waals surface area contributed by atoms with Crippen LogP contribution in [0.5, 0.6) is 0 Å². The molecule has 184 valence electrons. The van der Waals surface area contributed by atoms with E-state index >= 15 is 0 Å². The van der Waals surface area contributed by atoms with Crippen molar-refractivity contribution in [2.75, 3.05) is 32.1 Å². The van der Waals surface area contributed by atoms with Gasteiger partial charge in [-0.1, -0.05) is 23.2 Å². The van der Waals surface area contributed by atoms with Crippen molar-refractivity contribution in [1.29, 1.82) is 0 Å². The van der Waals surface area contributed by atoms with E-state index in [0.717, 1.165) is 12.1 Å². The second-order valence-electron chi connectivity index (χ2n) is 8.09. The molecule has 1 aromatic heterocycles. The van der Waals surface area contributed by atoms with Crippen molar-refractivity contribution in [3.05, 3.63) is 74.5 Å². The Bertz CT molecular complexity index is 1320. The summed E-state index contributed by atoms with van der Waals surface area (Å²) in [7, 11) is 3.15. The molecular weight excluding hydrogens is 508 g/mol. The number of carbonyl (C=O) groups excluding carboxylic acids is 1. The van der Waals surface area contributed by atoms with Crippen LogP contribution in [-0.2, 0) is 10.9 Å². The standard InChI is InChI=1S/C23H19Cl2F3N4O3/c1-30(2)22(34)35-16-11-31(12-16)19-10-20(33)32(15-6-3-13(4-7-15)23(26,27)28)21(29-19)17-8-5-14(24)9-18(17)25/h3-10,16H,11-12H2,1-2H3. The molecule has 1 aliphatic rings. The third-order valence-electron chi connectivity index (χ3n) is 5.33. The lowest BCUT2D eigenvalue weighted by Crippen LogP contribution is -2.54. The van der Waals surface area contributed by atoms with Gasteiger partial charge in [0, 0.05) is 30.7 Å². The summed E-state index contributed by atoms with van der Waals surface area (Å²) < 4.78 is 45.6. The summed E-state index contributed by atoms with van der Waals surface area (Å²) in [5, 5.41) is 0.579. The lowest BCUT2D eigenvalue weighted by atomic mass is 10.1. The van der Waals surface area contributed by atoms with E-state index in [-0.39, 0.29) is 22.6 Å². The van der Waals surface area contributed by atoms with Crippen molar-refractivity contribution in [3.8, 4) is 17.1 Å². The second kappa shape index (κ2) is 9.43. The highest BCUT2D eigenvalue weighted by Gasteiger charge is 2.33. The number of alkyl halides is 3. The Morgan fingerprint density at radius 3 is 2.31 bits per heavy atom. The Balaban J connectivity index is 1.75. The van der Waals surface area contributed by atoms with Crippen molar-refractivity contribution >= 4 is 35.1 Å². The molecular formula is C23H19Cl2F3N4O3. The highest BCUT2D eigenvalue weighted by atomic mass is 35.5. The van der Waals surface area contributed by atoms with E-state index in [0.29, 0.717) is 29.5 Å². The van der Waals surface area contributed by atoms with Crippen LogP contribution in [0, 0.1) is 0 Å². The van der Waals surface area contributed by atoms with Gasteiger partial charge < -0.3 is 14.5 Å². The van der Waals surface area contributed by atoms with E-state index in [1.165, 1.54) is 33.7 Å². The van der Waals surface area contributed by atoms with Crippen molar-refractivity contribution in [2.24, 2.45) is 0 Å². The zero-order valence-electron chi connectivity index (χ0n) is 18.5. The van der Waals surface area contributed by atoms with Crippen LogP contribution in [0.3, 0.4) is 0 Å². The van der Waals surface area contributed by atoms with E-state index < -0.39 is 23.4 Å². The van der Waals surface area contributed by atoms with Crippen LogP contribution in [0.1, 0.15) is 5.56 Å². The molecule has 0 radical (unpaired) electrons. The summed E-state index contributed by atoms with van der Waals surface area (Å²) in [4.78, 5) is 32.6. The van der Waals surface area contributed by atoms with Crippen LogP contribution in [0.2, 0.25) is 10.0 Å². The zero-order valence-corrected chi connectivity index (χ0v) is 20.0. The zero-order chi connectivity index (χ0) is 25.5. The molecule has 0 unspecified atom stereocenters. The molecule has 7 nitrogen and oxygen atoms in total. The largest absolute Gasteiger partial charge is 0.442 e. The molecule has 1 amide bonds. The number of rotatable bonds is 4. The molecule has 0 saturated carbocycles. The summed E-state index contributed by atoms with van der Waals surface area (Å²) in [5.41, 5.74) is -0.816. The summed E-state index contributed by atoms with van der Waals surface area (Å²) in [6.45, 7) is 0.647. The molecule has 0 N–H and O–H groups in total. The number of benzene rings is 2. The number of halogens is 5. The van der Waals surface area contributed by atoms with Gasteiger partial charge >= 0.3 is 12.3 Å². The molecule has 2 aromatic carbocycles. The fraction of sp³-hybridized carbons (Fsp3) is 0.261. The van der Waals surface area contributed by atoms with Crippen molar-refractivity contribution < 1.29 is 22.7 Å². The number of aromatic nitrogens is 2. The van der Waals surface area contributed by atoms with Gasteiger partial charge in [0.15, 0.2) is 5.82 Å². The summed E-state index contributed by atoms with van der Waals surface area (Å²) in [6.07, 6.45) is -5.36. The van der Waals surface area contributed by atoms with E-state index in [4.69, 9.17) is 27.9 Å². The number of carbonyl (C=O) groups is 1. The van der Waals surface area contributed by atoms with Gasteiger partial charge in [-0.25, -0.2) is 9.78 Å². The fourth-order valence-corrected chi connectivity index (χ4v) is 3.97. The maximum Gasteiger partial charge on any atom is 0.416 e. The van der Waals surface area contributed by atoms with Gasteiger partial charge in [-0.3, -0.25) is 9.36 Å². The van der Waals surface area contributed by atoms with Gasteiger partial charge in [0.1, 0.15) is 11.9 Å². The SMILES string of the molecule is CN(C)C(=O)OC1CN(c2cc(=O)n(-c3ccc(C(F)(F)F)cc3)c(-c3ccc(Cl)cc3Cl)n2)C1. The maximum atomic E-state index is 13.2. The number of hydrogen-bond acceptors (Lipinski definition) is 5. The van der Waals surface area contributed by atoms with Crippen molar-refractivity contribution in [2.45, 2.75) is 12.3 Å². The van der Waals surface area contributed by atoms with Gasteiger partial charge in [0.05, 0.1) is 29.4 Å². The van der Waals surface area contributed by atoms with Gasteiger partial charge in [-0.2, -0.15) is 13.2 Å². The van der Waals surface area contributed by atoms with Crippen LogP contribution in [0.15, 0.2) is 53.3 Å². The molecule has 0 bridgehead atoms. The number of nitrogens with zero attached hydrogens (tertiary/aromatic N) is 4. The first-order valence-corrected chi connectivity index (χ1v) is 11.1. The maximum absolute atomic E-state index is 13.2. The molecule has 0 spiro atoms. The normalized spacial score (nSPS) is 14.0. The van der Waals surface area contributed by atoms with Crippen molar-refractivity contribution in [3.63, 3.8) is 0 Å². The van der Waals surface area contributed by atoms with Crippen LogP contribution in [0.4, 0.5) is 23.8 Å². The van der Waals surface area contributed by atoms with Crippen LogP contribution < -0.4 is 10.5 Å². The van der Waals surface area contributed by atoms with E-state index in [1.54, 1.807) is 31.1 Å². The van der Waals surface area contributed by atoms with Crippen LogP contribution in [-0.4, -0.2) is 53.8 Å². The number of ether oxygens (including phenoxy) is 1. The Hall–Kier alpha value is -3.24. The average molecular weight is 527 g/mol. The minimum Gasteiger partial charge on any atom is -0.442 e. The molecule has 1 aliphatic heterocycles. The summed E-state index contributed by atoms with van der Waals surface area (Å²) >= 11 is 12.4. The second-order valence-corrected chi connectivity index (χ2v) is 8.93. The molecule has 1 saturated heterocycles. The first kappa shape index (κ1) is 24.9. The molecule has 35 heavy (non-hydrogen) atoms. The Morgan fingerprint density at radius 2 is 1.74 bits per heavy atom. The van der Waals surface area contributed by atoms with E-state index in [9.17, 15) is 22.8 Å². The third kappa shape index (κ3) is 5.23. The predicted molar refractivity (Wildman–Crippen MR) is 126 cm³/mol. The lowest BCUT2D eigenvalue weighted by molar-refractivity contribution is -0.137. The Morgan fingerprint density at radius 1 is 1.09 bits per heavy atom. The van der Waals surface area contributed by atoms with Crippen LogP contribution in [0.25, 0.3) is 17.1 Å². The molecule has 12 heteroatoms. The average Bonchev–Trinajstić information content (AvgIpc) is 2.74. The first-order chi connectivity index (χ1) is 16.4. The Kier molecular flexibility index (Phi) is 6.70. The van der Waals surface area contributed by atoms with Gasteiger partial charge in [-0.15, -0.1) is 0 Å². The van der Waals surface area contributed by atoms with E-state index in [2.05, 4.69) is 4.98 Å². The lowest BCUT2D eigenvalue weighted by Gasteiger charge is -2.39. The van der Waals surface area contributed by atoms with Crippen molar-refractivity contribution in [1.82, 2.24) is 14.5 Å². The summed E-state index contributed by atoms with van der Waals surface area (Å²) in [6, 6.07) is 10.1. The molecule has 3 aromatic rings. The number of anilines is 1. The third-order valence-corrected chi connectivity index (χ3v) is 5.88. The highest BCUT2D eigenvalue weighted by Crippen LogP contribution is 2.33. The number of amides is 1. The van der Waals surface area contributed by atoms with Gasteiger partial charge in [0.25, 0.3) is 5.56 Å². The predicted octanol–water partition coefficient (Wildman–Crippen LogP) is 5.11. The minimum atomic E-state index is -4.52. The van der Waals surface area contributed by atoms with Gasteiger partial charge in [-0.05, 0) is 42.5 Å². The topological polar surface area (TPSA) is 67.7 Å². The molecule has 4 rings (SSSR count). The molecule has 2 heterocycles. The summed E-state index contributed by atoms with van der Waals surface area (Å²) in [5.74, 6) is 0.444. The van der Waals surface area contributed by atoms with Crippen LogP contribution >= 0.6 is 23.2 Å². The van der Waals surface area contributed by atoms with E-state index in [1.807, 2.05) is 0 Å². The first-order valence-electron chi connectivity index (χ1n) is 10.3. The monoisotopic (exact) mass is 526 g/mol. The smallest absolute Gasteiger partial charge is 0.416 e. The highest BCUT2D eigenvalue weighted by molar-refractivity contribution is 6.36. The fourth-order valence-electron chi connectivity index (χ4n) is 3.48. The molecule has 1 fully saturated rings. The molecule has 0 atom stereocenters. The minimum absolute atomic E-state index is 0.127. The Labute approximate surface area is 208 Å².